The second-order valence-electron chi connectivity index (χ2n) is 3.21. The van der Waals surface area contributed by atoms with E-state index < -0.39 is 0 Å². The summed E-state index contributed by atoms with van der Waals surface area (Å²) >= 11 is 0. The van der Waals surface area contributed by atoms with Gasteiger partial charge in [-0.1, -0.05) is 0 Å². The van der Waals surface area contributed by atoms with Crippen LogP contribution in [0.2, 0.25) is 0 Å². The summed E-state index contributed by atoms with van der Waals surface area (Å²) in [4.78, 5) is 0. The van der Waals surface area contributed by atoms with Crippen LogP contribution in [0.3, 0.4) is 0 Å². The van der Waals surface area contributed by atoms with Gasteiger partial charge >= 0.3 is 0 Å². The average Bonchev–Trinajstić information content (AvgIpc) is 2.14. The normalized spacial score (nSPS) is 23.8. The Hall–Kier alpha value is -0.160. The van der Waals surface area contributed by atoms with Crippen molar-refractivity contribution in [2.45, 2.75) is 0 Å². The zero-order valence-electron chi connectivity index (χ0n) is 7.47. The second-order valence-corrected chi connectivity index (χ2v) is 3.21. The molecule has 1 saturated heterocycles. The molecule has 0 amide bonds. The third kappa shape index (κ3) is 4.01. The number of aliphatic hydroxyl groups excluding tert-OH is 1. The van der Waals surface area contributed by atoms with Crippen LogP contribution in [0.4, 0.5) is 0 Å². The molecule has 4 heteroatoms. The maximum atomic E-state index is 8.97. The molecule has 1 heterocycles. The van der Waals surface area contributed by atoms with Gasteiger partial charge in [-0.15, -0.1) is 0 Å². The third-order valence-electron chi connectivity index (χ3n) is 2.08. The Kier molecular flexibility index (Phi) is 5.27. The fourth-order valence-electron chi connectivity index (χ4n) is 1.29. The van der Waals surface area contributed by atoms with Crippen LogP contribution in [0.1, 0.15) is 0 Å². The van der Waals surface area contributed by atoms with E-state index in [-0.39, 0.29) is 6.61 Å². The summed E-state index contributed by atoms with van der Waals surface area (Å²) in [5, 5.41) is 18.9. The smallest absolute Gasteiger partial charge is 0.0483 e. The van der Waals surface area contributed by atoms with Crippen LogP contribution in [0.15, 0.2) is 0 Å². The lowest BCUT2D eigenvalue weighted by Gasteiger charge is -2.18. The molecule has 0 aliphatic carbocycles. The summed E-state index contributed by atoms with van der Waals surface area (Å²) in [5.41, 5.74) is 0. The number of rotatable bonds is 1. The van der Waals surface area contributed by atoms with Gasteiger partial charge in [-0.05, 0) is 0 Å². The van der Waals surface area contributed by atoms with Crippen molar-refractivity contribution in [1.82, 2.24) is 16.0 Å². The van der Waals surface area contributed by atoms with Crippen molar-refractivity contribution >= 4 is 0 Å². The summed E-state index contributed by atoms with van der Waals surface area (Å²) in [6.07, 6.45) is 0. The van der Waals surface area contributed by atoms with Crippen LogP contribution < -0.4 is 16.0 Å². The van der Waals surface area contributed by atoms with Crippen LogP contribution >= 0.6 is 0 Å². The fraction of sp³-hybridized carbons (Fsp3) is 1.00. The van der Waals surface area contributed by atoms with E-state index in [1.54, 1.807) is 0 Å². The SMILES string of the molecule is OCC1CNCCNCCNC1. The molecule has 0 aromatic rings. The molecule has 4 N–H and O–H groups in total. The average molecular weight is 173 g/mol. The van der Waals surface area contributed by atoms with E-state index in [0.717, 1.165) is 39.3 Å². The molecule has 12 heavy (non-hydrogen) atoms. The molecule has 0 radical (unpaired) electrons. The monoisotopic (exact) mass is 173 g/mol. The summed E-state index contributed by atoms with van der Waals surface area (Å²) in [6.45, 7) is 6.11. The van der Waals surface area contributed by atoms with Crippen LogP contribution in [0, 0.1) is 5.92 Å². The van der Waals surface area contributed by atoms with Gasteiger partial charge in [-0.3, -0.25) is 0 Å². The summed E-state index contributed by atoms with van der Waals surface area (Å²) in [6, 6.07) is 0. The lowest BCUT2D eigenvalue weighted by molar-refractivity contribution is 0.217. The quantitative estimate of drug-likeness (QED) is 0.385. The third-order valence-corrected chi connectivity index (χ3v) is 2.08. The molecular formula is C8H19N3O. The van der Waals surface area contributed by atoms with E-state index in [4.69, 9.17) is 5.11 Å². The van der Waals surface area contributed by atoms with Crippen molar-refractivity contribution in [2.24, 2.45) is 5.92 Å². The highest BCUT2D eigenvalue weighted by atomic mass is 16.3. The van der Waals surface area contributed by atoms with E-state index in [0.29, 0.717) is 5.92 Å². The molecule has 0 aromatic heterocycles. The van der Waals surface area contributed by atoms with Gasteiger partial charge in [0.15, 0.2) is 0 Å². The van der Waals surface area contributed by atoms with Gasteiger partial charge in [0.2, 0.25) is 0 Å². The van der Waals surface area contributed by atoms with Gasteiger partial charge in [-0.2, -0.15) is 0 Å². The first-order valence-corrected chi connectivity index (χ1v) is 4.66. The Bertz CT molecular complexity index is 100. The van der Waals surface area contributed by atoms with Crippen molar-refractivity contribution in [3.05, 3.63) is 0 Å². The molecule has 1 rings (SSSR count). The van der Waals surface area contributed by atoms with Crippen LogP contribution in [0.25, 0.3) is 0 Å². The van der Waals surface area contributed by atoms with Crippen molar-refractivity contribution in [1.29, 1.82) is 0 Å². The van der Waals surface area contributed by atoms with E-state index in [1.807, 2.05) is 0 Å². The molecule has 4 nitrogen and oxygen atoms in total. The van der Waals surface area contributed by atoms with Crippen molar-refractivity contribution < 1.29 is 5.11 Å². The molecule has 1 fully saturated rings. The molecule has 72 valence electrons. The van der Waals surface area contributed by atoms with E-state index in [1.165, 1.54) is 0 Å². The lowest BCUT2D eigenvalue weighted by atomic mass is 10.1. The van der Waals surface area contributed by atoms with Crippen LogP contribution in [-0.2, 0) is 0 Å². The van der Waals surface area contributed by atoms with Gasteiger partial charge in [0.25, 0.3) is 0 Å². The molecule has 0 aromatic carbocycles. The zero-order chi connectivity index (χ0) is 8.65. The van der Waals surface area contributed by atoms with Crippen molar-refractivity contribution in [3.63, 3.8) is 0 Å². The maximum absolute atomic E-state index is 8.97. The predicted molar refractivity (Wildman–Crippen MR) is 49.2 cm³/mol. The minimum Gasteiger partial charge on any atom is -0.396 e. The number of nitrogens with one attached hydrogen (secondary N) is 3. The summed E-state index contributed by atoms with van der Waals surface area (Å²) < 4.78 is 0. The lowest BCUT2D eigenvalue weighted by Crippen LogP contribution is -2.41. The minimum absolute atomic E-state index is 0.271. The highest BCUT2D eigenvalue weighted by Crippen LogP contribution is 1.90. The Morgan fingerprint density at radius 2 is 1.42 bits per heavy atom. The highest BCUT2D eigenvalue weighted by Gasteiger charge is 2.06. The van der Waals surface area contributed by atoms with E-state index in [2.05, 4.69) is 16.0 Å². The van der Waals surface area contributed by atoms with Crippen molar-refractivity contribution in [2.75, 3.05) is 45.9 Å². The fourth-order valence-corrected chi connectivity index (χ4v) is 1.29. The van der Waals surface area contributed by atoms with Gasteiger partial charge in [0.1, 0.15) is 0 Å². The Labute approximate surface area is 73.7 Å². The van der Waals surface area contributed by atoms with Gasteiger partial charge in [0, 0.05) is 51.8 Å². The van der Waals surface area contributed by atoms with Gasteiger partial charge in [0.05, 0.1) is 0 Å². The molecular weight excluding hydrogens is 154 g/mol. The first kappa shape index (κ1) is 9.92. The molecule has 0 saturated carbocycles. The summed E-state index contributed by atoms with van der Waals surface area (Å²) in [5.74, 6) is 0.364. The molecule has 1 aliphatic rings. The molecule has 1 aliphatic heterocycles. The predicted octanol–water partition coefficient (Wildman–Crippen LogP) is -1.62. The Morgan fingerprint density at radius 1 is 0.917 bits per heavy atom. The summed E-state index contributed by atoms with van der Waals surface area (Å²) in [7, 11) is 0. The Balaban J connectivity index is 2.17. The molecule has 0 bridgehead atoms. The van der Waals surface area contributed by atoms with Gasteiger partial charge < -0.3 is 21.1 Å². The first-order valence-electron chi connectivity index (χ1n) is 4.66. The number of hydrogen-bond acceptors (Lipinski definition) is 4. The van der Waals surface area contributed by atoms with Gasteiger partial charge in [-0.25, -0.2) is 0 Å². The molecule has 0 spiro atoms. The first-order chi connectivity index (χ1) is 5.93. The zero-order valence-corrected chi connectivity index (χ0v) is 7.47. The van der Waals surface area contributed by atoms with Crippen LogP contribution in [-0.4, -0.2) is 51.0 Å². The van der Waals surface area contributed by atoms with E-state index in [9.17, 15) is 0 Å². The molecule has 0 unspecified atom stereocenters. The Morgan fingerprint density at radius 3 is 1.92 bits per heavy atom. The number of aliphatic hydroxyl groups is 1. The standard InChI is InChI=1S/C8H19N3O/c12-7-8-5-10-3-1-9-2-4-11-6-8/h8-12H,1-7H2. The topological polar surface area (TPSA) is 56.3 Å². The van der Waals surface area contributed by atoms with Crippen molar-refractivity contribution in [3.8, 4) is 0 Å². The molecule has 0 atom stereocenters. The van der Waals surface area contributed by atoms with E-state index >= 15 is 0 Å². The van der Waals surface area contributed by atoms with Crippen LogP contribution in [0.5, 0.6) is 0 Å². The largest absolute Gasteiger partial charge is 0.396 e. The maximum Gasteiger partial charge on any atom is 0.0483 e. The number of hydrogen-bond donors (Lipinski definition) is 4. The minimum atomic E-state index is 0.271. The second kappa shape index (κ2) is 6.37. The highest BCUT2D eigenvalue weighted by molar-refractivity contribution is 4.67.